The SMILES string of the molecule is CCN(Cc1ccccc1)C(=O)Cn1nc2c(-c3nc(-c4ccc(Cl)cc4)no3)cccn2c1=O. The van der Waals surface area contributed by atoms with Crippen LogP contribution in [0.3, 0.4) is 0 Å². The minimum absolute atomic E-state index is 0.180. The predicted octanol–water partition coefficient (Wildman–Crippen LogP) is 3.92. The minimum atomic E-state index is -0.427. The smallest absolute Gasteiger partial charge is 0.337 e. The molecule has 0 saturated heterocycles. The largest absolute Gasteiger partial charge is 0.350 e. The van der Waals surface area contributed by atoms with Gasteiger partial charge in [-0.2, -0.15) is 4.98 Å². The molecule has 5 aromatic rings. The van der Waals surface area contributed by atoms with Crippen LogP contribution in [0, 0.1) is 0 Å². The highest BCUT2D eigenvalue weighted by molar-refractivity contribution is 6.30. The van der Waals surface area contributed by atoms with Gasteiger partial charge < -0.3 is 9.42 Å². The van der Waals surface area contributed by atoms with E-state index in [1.54, 1.807) is 47.5 Å². The summed E-state index contributed by atoms with van der Waals surface area (Å²) in [5.41, 5.74) is 2.13. The Balaban J connectivity index is 1.43. The van der Waals surface area contributed by atoms with E-state index < -0.39 is 5.69 Å². The van der Waals surface area contributed by atoms with Crippen LogP contribution >= 0.6 is 11.6 Å². The Labute approximate surface area is 205 Å². The third-order valence-electron chi connectivity index (χ3n) is 5.60. The first-order valence-corrected chi connectivity index (χ1v) is 11.4. The molecule has 0 aliphatic rings. The van der Waals surface area contributed by atoms with Gasteiger partial charge in [0.15, 0.2) is 5.65 Å². The number of hydrogen-bond donors (Lipinski definition) is 0. The van der Waals surface area contributed by atoms with Crippen molar-refractivity contribution in [2.45, 2.75) is 20.0 Å². The van der Waals surface area contributed by atoms with E-state index in [2.05, 4.69) is 15.2 Å². The van der Waals surface area contributed by atoms with Crippen molar-refractivity contribution in [2.24, 2.45) is 0 Å². The van der Waals surface area contributed by atoms with Crippen molar-refractivity contribution < 1.29 is 9.32 Å². The Bertz CT molecular complexity index is 1540. The molecule has 3 aromatic heterocycles. The number of carbonyl (C=O) groups excluding carboxylic acids is 1. The summed E-state index contributed by atoms with van der Waals surface area (Å²) >= 11 is 5.95. The van der Waals surface area contributed by atoms with Crippen LogP contribution in [0.5, 0.6) is 0 Å². The van der Waals surface area contributed by atoms with Crippen molar-refractivity contribution in [3.63, 3.8) is 0 Å². The summed E-state index contributed by atoms with van der Waals surface area (Å²) < 4.78 is 7.98. The molecular formula is C25H21ClN6O3. The molecule has 0 bridgehead atoms. The van der Waals surface area contributed by atoms with Crippen molar-refractivity contribution in [3.05, 3.63) is 94.0 Å². The fourth-order valence-electron chi connectivity index (χ4n) is 3.77. The molecule has 0 aliphatic heterocycles. The molecule has 0 saturated carbocycles. The third kappa shape index (κ3) is 4.58. The number of aromatic nitrogens is 5. The number of nitrogens with zero attached hydrogens (tertiary/aromatic N) is 6. The molecule has 0 atom stereocenters. The molecule has 0 fully saturated rings. The van der Waals surface area contributed by atoms with Crippen LogP contribution in [0.15, 0.2) is 82.2 Å². The number of fused-ring (bicyclic) bond motifs is 1. The average Bonchev–Trinajstić information content (AvgIpc) is 3.49. The normalized spacial score (nSPS) is 11.1. The Morgan fingerprint density at radius 1 is 1.06 bits per heavy atom. The lowest BCUT2D eigenvalue weighted by Gasteiger charge is -2.20. The maximum atomic E-state index is 13.0. The first-order chi connectivity index (χ1) is 17.0. The highest BCUT2D eigenvalue weighted by Gasteiger charge is 2.20. The fraction of sp³-hybridized carbons (Fsp3) is 0.160. The van der Waals surface area contributed by atoms with Gasteiger partial charge in [0, 0.05) is 29.9 Å². The molecule has 176 valence electrons. The van der Waals surface area contributed by atoms with E-state index in [0.29, 0.717) is 35.1 Å². The van der Waals surface area contributed by atoms with Crippen LogP contribution in [0.4, 0.5) is 0 Å². The van der Waals surface area contributed by atoms with E-state index in [1.807, 2.05) is 37.3 Å². The van der Waals surface area contributed by atoms with Crippen molar-refractivity contribution in [1.82, 2.24) is 29.2 Å². The topological polar surface area (TPSA) is 98.5 Å². The van der Waals surface area contributed by atoms with Gasteiger partial charge in [0.1, 0.15) is 6.54 Å². The number of rotatable bonds is 7. The van der Waals surface area contributed by atoms with E-state index in [1.165, 1.54) is 4.40 Å². The van der Waals surface area contributed by atoms with Crippen LogP contribution < -0.4 is 5.69 Å². The second kappa shape index (κ2) is 9.55. The molecule has 0 radical (unpaired) electrons. The Morgan fingerprint density at radius 2 is 1.83 bits per heavy atom. The molecule has 1 amide bonds. The second-order valence-corrected chi connectivity index (χ2v) is 8.32. The quantitative estimate of drug-likeness (QED) is 0.344. The third-order valence-corrected chi connectivity index (χ3v) is 5.86. The van der Waals surface area contributed by atoms with Crippen LogP contribution in [0.2, 0.25) is 5.02 Å². The zero-order valence-electron chi connectivity index (χ0n) is 18.8. The summed E-state index contributed by atoms with van der Waals surface area (Å²) in [5, 5.41) is 9.06. The Hall–Kier alpha value is -4.24. The monoisotopic (exact) mass is 488 g/mol. The molecule has 0 unspecified atom stereocenters. The van der Waals surface area contributed by atoms with Crippen molar-refractivity contribution in [1.29, 1.82) is 0 Å². The van der Waals surface area contributed by atoms with Gasteiger partial charge in [-0.1, -0.05) is 47.1 Å². The molecule has 0 N–H and O–H groups in total. The molecule has 10 heteroatoms. The summed E-state index contributed by atoms with van der Waals surface area (Å²) in [5.74, 6) is 0.393. The number of likely N-dealkylation sites (N-methyl/N-ethyl adjacent to an activating group) is 1. The van der Waals surface area contributed by atoms with Crippen LogP contribution in [0.1, 0.15) is 12.5 Å². The second-order valence-electron chi connectivity index (χ2n) is 7.88. The average molecular weight is 489 g/mol. The van der Waals surface area contributed by atoms with E-state index >= 15 is 0 Å². The highest BCUT2D eigenvalue weighted by atomic mass is 35.5. The van der Waals surface area contributed by atoms with E-state index in [-0.39, 0.29) is 18.3 Å². The van der Waals surface area contributed by atoms with Crippen molar-refractivity contribution in [3.8, 4) is 22.8 Å². The molecular weight excluding hydrogens is 468 g/mol. The summed E-state index contributed by atoms with van der Waals surface area (Å²) in [6.45, 7) is 2.69. The summed E-state index contributed by atoms with van der Waals surface area (Å²) in [6, 6.07) is 20.2. The lowest BCUT2D eigenvalue weighted by molar-refractivity contribution is -0.132. The molecule has 0 aliphatic carbocycles. The van der Waals surface area contributed by atoms with Gasteiger partial charge in [-0.25, -0.2) is 13.9 Å². The number of carbonyl (C=O) groups is 1. The number of halogens is 1. The lowest BCUT2D eigenvalue weighted by Crippen LogP contribution is -2.36. The van der Waals surface area contributed by atoms with Crippen molar-refractivity contribution >= 4 is 23.2 Å². The van der Waals surface area contributed by atoms with Gasteiger partial charge in [0.05, 0.1) is 5.56 Å². The summed E-state index contributed by atoms with van der Waals surface area (Å²) in [4.78, 5) is 32.1. The first-order valence-electron chi connectivity index (χ1n) is 11.0. The predicted molar refractivity (Wildman–Crippen MR) is 131 cm³/mol. The number of pyridine rings is 1. The molecule has 0 spiro atoms. The minimum Gasteiger partial charge on any atom is -0.337 e. The van der Waals surface area contributed by atoms with Crippen molar-refractivity contribution in [2.75, 3.05) is 6.54 Å². The van der Waals surface area contributed by atoms with Gasteiger partial charge >= 0.3 is 5.69 Å². The number of amides is 1. The molecule has 35 heavy (non-hydrogen) atoms. The van der Waals surface area contributed by atoms with Crippen LogP contribution in [-0.4, -0.2) is 41.7 Å². The molecule has 3 heterocycles. The zero-order valence-corrected chi connectivity index (χ0v) is 19.6. The van der Waals surface area contributed by atoms with E-state index in [4.69, 9.17) is 16.1 Å². The summed E-state index contributed by atoms with van der Waals surface area (Å²) in [6.07, 6.45) is 1.59. The van der Waals surface area contributed by atoms with Gasteiger partial charge in [0.25, 0.3) is 5.89 Å². The lowest BCUT2D eigenvalue weighted by atomic mass is 10.2. The van der Waals surface area contributed by atoms with E-state index in [9.17, 15) is 9.59 Å². The molecule has 9 nitrogen and oxygen atoms in total. The summed E-state index contributed by atoms with van der Waals surface area (Å²) in [7, 11) is 0. The fourth-order valence-corrected chi connectivity index (χ4v) is 3.89. The van der Waals surface area contributed by atoms with Gasteiger partial charge in [-0.3, -0.25) is 4.79 Å². The Kier molecular flexibility index (Phi) is 6.15. The van der Waals surface area contributed by atoms with Crippen LogP contribution in [0.25, 0.3) is 28.5 Å². The van der Waals surface area contributed by atoms with Gasteiger partial charge in [0.2, 0.25) is 11.7 Å². The van der Waals surface area contributed by atoms with Gasteiger partial charge in [-0.05, 0) is 48.9 Å². The first kappa shape index (κ1) is 22.5. The highest BCUT2D eigenvalue weighted by Crippen LogP contribution is 2.25. The maximum Gasteiger partial charge on any atom is 0.350 e. The standard InChI is InChI=1S/C25H21ClN6O3/c1-2-30(15-17-7-4-3-5-8-17)21(33)16-32-25(34)31-14-6-9-20(23(31)28-32)24-27-22(29-35-24)18-10-12-19(26)13-11-18/h3-14H,2,15-16H2,1H3. The molecule has 2 aromatic carbocycles. The molecule has 5 rings (SSSR count). The van der Waals surface area contributed by atoms with Gasteiger partial charge in [-0.15, -0.1) is 5.10 Å². The number of benzene rings is 2. The van der Waals surface area contributed by atoms with Crippen LogP contribution in [-0.2, 0) is 17.9 Å². The number of hydrogen-bond acceptors (Lipinski definition) is 6. The van der Waals surface area contributed by atoms with E-state index in [0.717, 1.165) is 15.8 Å². The zero-order chi connectivity index (χ0) is 24.4. The maximum absolute atomic E-state index is 13.0. The Morgan fingerprint density at radius 3 is 2.57 bits per heavy atom.